The molecule has 106 valence electrons. The van der Waals surface area contributed by atoms with Crippen LogP contribution in [-0.2, 0) is 11.3 Å². The van der Waals surface area contributed by atoms with Crippen molar-refractivity contribution in [3.63, 3.8) is 0 Å². The fourth-order valence-electron chi connectivity index (χ4n) is 2.14. The average molecular weight is 300 g/mol. The topological polar surface area (TPSA) is 21.3 Å². The minimum atomic E-state index is 0.409. The van der Waals surface area contributed by atoms with Gasteiger partial charge in [-0.05, 0) is 43.5 Å². The largest absolute Gasteiger partial charge is 0.377 e. The van der Waals surface area contributed by atoms with Gasteiger partial charge >= 0.3 is 0 Å². The van der Waals surface area contributed by atoms with Gasteiger partial charge in [0.2, 0.25) is 0 Å². The second kappa shape index (κ2) is 8.15. The van der Waals surface area contributed by atoms with E-state index in [1.807, 2.05) is 0 Å². The van der Waals surface area contributed by atoms with Gasteiger partial charge < -0.3 is 10.1 Å². The molecule has 19 heavy (non-hydrogen) atoms. The van der Waals surface area contributed by atoms with Crippen molar-refractivity contribution in [2.75, 3.05) is 18.9 Å². The number of thioether (sulfide) groups is 1. The van der Waals surface area contributed by atoms with E-state index in [4.69, 9.17) is 16.3 Å². The second-order valence-electron chi connectivity index (χ2n) is 4.89. The lowest BCUT2D eigenvalue weighted by Crippen LogP contribution is -2.13. The highest BCUT2D eigenvalue weighted by molar-refractivity contribution is 7.99. The Labute approximate surface area is 125 Å². The summed E-state index contributed by atoms with van der Waals surface area (Å²) in [7, 11) is 0. The van der Waals surface area contributed by atoms with Gasteiger partial charge in [0.25, 0.3) is 0 Å². The van der Waals surface area contributed by atoms with Crippen LogP contribution in [0.15, 0.2) is 23.1 Å². The third-order valence-electron chi connectivity index (χ3n) is 3.20. The predicted molar refractivity (Wildman–Crippen MR) is 83.1 cm³/mol. The second-order valence-corrected chi connectivity index (χ2v) is 6.36. The van der Waals surface area contributed by atoms with Crippen LogP contribution in [0.3, 0.4) is 0 Å². The lowest BCUT2D eigenvalue weighted by Gasteiger charge is -2.11. The summed E-state index contributed by atoms with van der Waals surface area (Å²) in [5.74, 6) is 1.01. The maximum Gasteiger partial charge on any atom is 0.0669 e. The van der Waals surface area contributed by atoms with E-state index in [1.165, 1.54) is 18.4 Å². The number of halogens is 1. The third kappa shape index (κ3) is 4.99. The van der Waals surface area contributed by atoms with Crippen LogP contribution in [0.1, 0.15) is 31.7 Å². The first-order valence-electron chi connectivity index (χ1n) is 7.03. The zero-order chi connectivity index (χ0) is 13.5. The molecule has 0 bridgehead atoms. The van der Waals surface area contributed by atoms with Crippen LogP contribution in [0.2, 0.25) is 5.02 Å². The van der Waals surface area contributed by atoms with Gasteiger partial charge in [-0.2, -0.15) is 0 Å². The van der Waals surface area contributed by atoms with Gasteiger partial charge in [-0.15, -0.1) is 11.8 Å². The number of ether oxygens (including phenoxy) is 1. The molecular weight excluding hydrogens is 278 g/mol. The van der Waals surface area contributed by atoms with E-state index in [0.717, 1.165) is 41.8 Å². The van der Waals surface area contributed by atoms with Crippen molar-refractivity contribution in [1.29, 1.82) is 0 Å². The molecule has 1 aromatic rings. The Hall–Kier alpha value is -0.220. The summed E-state index contributed by atoms with van der Waals surface area (Å²) in [6, 6.07) is 6.36. The van der Waals surface area contributed by atoms with Crippen molar-refractivity contribution < 1.29 is 4.74 Å². The summed E-state index contributed by atoms with van der Waals surface area (Å²) in [5, 5.41) is 4.25. The van der Waals surface area contributed by atoms with Gasteiger partial charge in [0, 0.05) is 23.8 Å². The van der Waals surface area contributed by atoms with E-state index in [1.54, 1.807) is 11.8 Å². The molecule has 1 unspecified atom stereocenters. The number of benzene rings is 1. The minimum absolute atomic E-state index is 0.409. The van der Waals surface area contributed by atoms with Crippen LogP contribution >= 0.6 is 23.4 Å². The Kier molecular flexibility index (Phi) is 6.51. The van der Waals surface area contributed by atoms with E-state index in [2.05, 4.69) is 30.4 Å². The maximum absolute atomic E-state index is 6.34. The SMILES string of the molecule is CCCNCc1ccc(SCC2CCCO2)c(Cl)c1. The van der Waals surface area contributed by atoms with E-state index in [-0.39, 0.29) is 0 Å². The van der Waals surface area contributed by atoms with Crippen molar-refractivity contribution in [3.8, 4) is 0 Å². The molecule has 1 heterocycles. The summed E-state index contributed by atoms with van der Waals surface area (Å²) in [6.07, 6.45) is 3.94. The Morgan fingerprint density at radius 2 is 2.37 bits per heavy atom. The van der Waals surface area contributed by atoms with Crippen LogP contribution < -0.4 is 5.32 Å². The first-order chi connectivity index (χ1) is 9.29. The number of hydrogen-bond acceptors (Lipinski definition) is 3. The van der Waals surface area contributed by atoms with E-state index >= 15 is 0 Å². The minimum Gasteiger partial charge on any atom is -0.377 e. The molecule has 1 saturated heterocycles. The molecule has 1 fully saturated rings. The van der Waals surface area contributed by atoms with Crippen LogP contribution in [0.25, 0.3) is 0 Å². The number of hydrogen-bond donors (Lipinski definition) is 1. The standard InChI is InChI=1S/C15H22ClNOS/c1-2-7-17-10-12-5-6-15(14(16)9-12)19-11-13-4-3-8-18-13/h5-6,9,13,17H,2-4,7-8,10-11H2,1H3. The molecule has 4 heteroatoms. The quantitative estimate of drug-likeness (QED) is 0.605. The zero-order valence-corrected chi connectivity index (χ0v) is 13.0. The lowest BCUT2D eigenvalue weighted by atomic mass is 10.2. The summed E-state index contributed by atoms with van der Waals surface area (Å²) in [5.41, 5.74) is 1.25. The zero-order valence-electron chi connectivity index (χ0n) is 11.5. The molecule has 1 N–H and O–H groups in total. The average Bonchev–Trinajstić information content (AvgIpc) is 2.91. The molecule has 1 aliphatic heterocycles. The Bertz CT molecular complexity index is 394. The molecule has 1 atom stereocenters. The fraction of sp³-hybridized carbons (Fsp3) is 0.600. The third-order valence-corrected chi connectivity index (χ3v) is 4.83. The molecule has 0 amide bonds. The first kappa shape index (κ1) is 15.2. The molecule has 0 saturated carbocycles. The van der Waals surface area contributed by atoms with Gasteiger partial charge in [0.1, 0.15) is 0 Å². The fourth-order valence-corrected chi connectivity index (χ4v) is 3.50. The number of rotatable bonds is 7. The number of nitrogens with one attached hydrogen (secondary N) is 1. The van der Waals surface area contributed by atoms with Crippen molar-refractivity contribution in [1.82, 2.24) is 5.32 Å². The van der Waals surface area contributed by atoms with Crippen molar-refractivity contribution >= 4 is 23.4 Å². The highest BCUT2D eigenvalue weighted by Gasteiger charge is 2.16. The smallest absolute Gasteiger partial charge is 0.0669 e. The highest BCUT2D eigenvalue weighted by Crippen LogP contribution is 2.30. The predicted octanol–water partition coefficient (Wildman–Crippen LogP) is 4.11. The summed E-state index contributed by atoms with van der Waals surface area (Å²) < 4.78 is 5.63. The van der Waals surface area contributed by atoms with Gasteiger partial charge in [0.15, 0.2) is 0 Å². The first-order valence-corrected chi connectivity index (χ1v) is 8.39. The van der Waals surface area contributed by atoms with Crippen LogP contribution in [0, 0.1) is 0 Å². The summed E-state index contributed by atoms with van der Waals surface area (Å²) in [6.45, 7) is 5.03. The Morgan fingerprint density at radius 3 is 3.05 bits per heavy atom. The Morgan fingerprint density at radius 1 is 1.47 bits per heavy atom. The highest BCUT2D eigenvalue weighted by atomic mass is 35.5. The molecule has 0 aromatic heterocycles. The van der Waals surface area contributed by atoms with E-state index in [9.17, 15) is 0 Å². The monoisotopic (exact) mass is 299 g/mol. The molecule has 1 aromatic carbocycles. The van der Waals surface area contributed by atoms with Crippen LogP contribution in [0.4, 0.5) is 0 Å². The van der Waals surface area contributed by atoms with Gasteiger partial charge in [-0.25, -0.2) is 0 Å². The van der Waals surface area contributed by atoms with Crippen molar-refractivity contribution in [3.05, 3.63) is 28.8 Å². The maximum atomic E-state index is 6.34. The molecule has 0 aliphatic carbocycles. The Balaban J connectivity index is 1.83. The summed E-state index contributed by atoms with van der Waals surface area (Å²) >= 11 is 8.14. The van der Waals surface area contributed by atoms with Crippen LogP contribution in [0.5, 0.6) is 0 Å². The lowest BCUT2D eigenvalue weighted by molar-refractivity contribution is 0.129. The van der Waals surface area contributed by atoms with E-state index < -0.39 is 0 Å². The van der Waals surface area contributed by atoms with Crippen molar-refractivity contribution in [2.45, 2.75) is 43.7 Å². The van der Waals surface area contributed by atoms with Gasteiger partial charge in [-0.3, -0.25) is 0 Å². The van der Waals surface area contributed by atoms with Crippen LogP contribution in [-0.4, -0.2) is 25.0 Å². The summed E-state index contributed by atoms with van der Waals surface area (Å²) in [4.78, 5) is 1.16. The molecule has 2 rings (SSSR count). The van der Waals surface area contributed by atoms with E-state index in [0.29, 0.717) is 6.10 Å². The molecule has 0 radical (unpaired) electrons. The molecule has 2 nitrogen and oxygen atoms in total. The normalized spacial score (nSPS) is 18.9. The van der Waals surface area contributed by atoms with Gasteiger partial charge in [-0.1, -0.05) is 24.6 Å². The van der Waals surface area contributed by atoms with Crippen molar-refractivity contribution in [2.24, 2.45) is 0 Å². The molecular formula is C15H22ClNOS. The molecule has 0 spiro atoms. The molecule has 1 aliphatic rings. The van der Waals surface area contributed by atoms with Gasteiger partial charge in [0.05, 0.1) is 11.1 Å².